The third-order valence-electron chi connectivity index (χ3n) is 1.54. The van der Waals surface area contributed by atoms with Gasteiger partial charge in [-0.05, 0) is 6.42 Å². The van der Waals surface area contributed by atoms with Crippen LogP contribution in [-0.4, -0.2) is 32.6 Å². The van der Waals surface area contributed by atoms with Crippen LogP contribution in [0, 0.1) is 0 Å². The highest BCUT2D eigenvalue weighted by Gasteiger charge is 2.41. The molecule has 0 saturated carbocycles. The highest BCUT2D eigenvalue weighted by atomic mass is 28.5. The van der Waals surface area contributed by atoms with E-state index in [0.29, 0.717) is 6.42 Å². The van der Waals surface area contributed by atoms with Crippen molar-refractivity contribution in [3.63, 3.8) is 0 Å². The van der Waals surface area contributed by atoms with Crippen LogP contribution in [0.5, 0.6) is 0 Å². The first kappa shape index (κ1) is 8.57. The molecule has 1 aliphatic heterocycles. The fraction of sp³-hybridized carbons (Fsp3) is 0.800. The number of hydrogen-bond acceptors (Lipinski definition) is 1. The fourth-order valence-electron chi connectivity index (χ4n) is 1.09. The first-order chi connectivity index (χ1) is 4.99. The van der Waals surface area contributed by atoms with Crippen molar-refractivity contribution in [1.29, 1.82) is 0 Å². The summed E-state index contributed by atoms with van der Waals surface area (Å²) in [5.74, 6) is -0.352. The van der Waals surface area contributed by atoms with E-state index in [-0.39, 0.29) is 18.9 Å². The van der Waals surface area contributed by atoms with E-state index < -0.39 is 15.2 Å². The Bertz CT molecular complexity index is 170. The highest BCUT2D eigenvalue weighted by molar-refractivity contribution is 6.58. The summed E-state index contributed by atoms with van der Waals surface area (Å²) in [4.78, 5) is 11.6. The highest BCUT2D eigenvalue weighted by Crippen LogP contribution is 2.16. The quantitative estimate of drug-likeness (QED) is 0.462. The van der Waals surface area contributed by atoms with Crippen molar-refractivity contribution in [3.05, 3.63) is 0 Å². The van der Waals surface area contributed by atoms with Crippen molar-refractivity contribution in [2.24, 2.45) is 0 Å². The molecule has 64 valence electrons. The van der Waals surface area contributed by atoms with E-state index >= 15 is 0 Å². The summed E-state index contributed by atoms with van der Waals surface area (Å²) < 4.78 is 35.5. The zero-order valence-corrected chi connectivity index (χ0v) is 6.82. The summed E-state index contributed by atoms with van der Waals surface area (Å²) in [5, 5.41) is 0. The van der Waals surface area contributed by atoms with E-state index in [4.69, 9.17) is 0 Å². The third-order valence-corrected chi connectivity index (χ3v) is 2.28. The lowest BCUT2D eigenvalue weighted by Gasteiger charge is -2.14. The molecule has 1 saturated heterocycles. The van der Waals surface area contributed by atoms with Crippen LogP contribution in [0.4, 0.5) is 12.3 Å². The van der Waals surface area contributed by atoms with Gasteiger partial charge in [-0.15, -0.1) is 0 Å². The standard InChI is InChI=1S/C5H8F3NOSi/c6-11(7,8)4-9-3-1-2-5(9)10/h1-4H2. The summed E-state index contributed by atoms with van der Waals surface area (Å²) in [6.45, 7) is 0.283. The van der Waals surface area contributed by atoms with Crippen LogP contribution in [0.15, 0.2) is 0 Å². The largest absolute Gasteiger partial charge is 0.636 e. The predicted molar refractivity (Wildman–Crippen MR) is 34.9 cm³/mol. The van der Waals surface area contributed by atoms with Gasteiger partial charge in [0.05, 0.1) is 0 Å². The molecule has 0 aliphatic carbocycles. The van der Waals surface area contributed by atoms with Crippen LogP contribution >= 0.6 is 0 Å². The van der Waals surface area contributed by atoms with Crippen LogP contribution in [0.3, 0.4) is 0 Å². The topological polar surface area (TPSA) is 20.3 Å². The molecule has 0 radical (unpaired) electrons. The Balaban J connectivity index is 2.43. The van der Waals surface area contributed by atoms with E-state index in [1.165, 1.54) is 0 Å². The molecule has 0 N–H and O–H groups in total. The molecule has 0 aromatic rings. The van der Waals surface area contributed by atoms with E-state index in [1.54, 1.807) is 0 Å². The van der Waals surface area contributed by atoms with Gasteiger partial charge in [-0.2, -0.15) is 0 Å². The molecule has 0 spiro atoms. The van der Waals surface area contributed by atoms with Crippen LogP contribution < -0.4 is 0 Å². The minimum Gasteiger partial charge on any atom is -0.337 e. The average molecular weight is 183 g/mol. The van der Waals surface area contributed by atoms with Gasteiger partial charge in [0.2, 0.25) is 5.91 Å². The molecule has 1 amide bonds. The maximum atomic E-state index is 11.8. The maximum absolute atomic E-state index is 11.8. The molecule has 0 atom stereocenters. The molecule has 1 aliphatic rings. The van der Waals surface area contributed by atoms with Gasteiger partial charge < -0.3 is 4.90 Å². The molecular formula is C5H8F3NOSi. The first-order valence-electron chi connectivity index (χ1n) is 3.33. The SMILES string of the molecule is O=C1CCCN1C[Si](F)(F)F. The Morgan fingerprint density at radius 1 is 1.45 bits per heavy atom. The minimum absolute atomic E-state index is 0.282. The van der Waals surface area contributed by atoms with Gasteiger partial charge in [-0.1, -0.05) is 0 Å². The first-order valence-corrected chi connectivity index (χ1v) is 5.18. The fourth-order valence-corrected chi connectivity index (χ4v) is 1.85. The summed E-state index contributed by atoms with van der Waals surface area (Å²) in [7, 11) is -5.56. The molecular weight excluding hydrogens is 175 g/mol. The second-order valence-corrected chi connectivity index (χ2v) is 4.08. The normalized spacial score (nSPS) is 19.5. The number of carbonyl (C=O) groups is 1. The number of rotatable bonds is 2. The Kier molecular flexibility index (Phi) is 2.22. The summed E-state index contributed by atoms with van der Waals surface area (Å²) in [6, 6.07) is 0. The number of nitrogens with zero attached hydrogens (tertiary/aromatic N) is 1. The van der Waals surface area contributed by atoms with Gasteiger partial charge in [-0.3, -0.25) is 4.79 Å². The van der Waals surface area contributed by atoms with Gasteiger partial charge in [0, 0.05) is 13.0 Å². The van der Waals surface area contributed by atoms with Gasteiger partial charge in [0.25, 0.3) is 0 Å². The van der Waals surface area contributed by atoms with E-state index in [1.807, 2.05) is 0 Å². The second-order valence-electron chi connectivity index (χ2n) is 2.53. The van der Waals surface area contributed by atoms with Crippen LogP contribution in [-0.2, 0) is 4.79 Å². The van der Waals surface area contributed by atoms with Crippen molar-refractivity contribution in [1.82, 2.24) is 4.90 Å². The van der Waals surface area contributed by atoms with Crippen molar-refractivity contribution in [3.8, 4) is 0 Å². The van der Waals surface area contributed by atoms with E-state index in [9.17, 15) is 17.1 Å². The Morgan fingerprint density at radius 3 is 2.45 bits per heavy atom. The Morgan fingerprint density at radius 2 is 2.09 bits per heavy atom. The van der Waals surface area contributed by atoms with Crippen LogP contribution in [0.25, 0.3) is 0 Å². The maximum Gasteiger partial charge on any atom is 0.636 e. The molecule has 0 aromatic heterocycles. The molecule has 1 heterocycles. The Labute approximate surface area is 63.5 Å². The van der Waals surface area contributed by atoms with Crippen molar-refractivity contribution in [2.45, 2.75) is 12.8 Å². The lowest BCUT2D eigenvalue weighted by molar-refractivity contribution is -0.127. The minimum atomic E-state index is -5.56. The summed E-state index contributed by atoms with van der Waals surface area (Å²) in [6.07, 6.45) is -0.0976. The lowest BCUT2D eigenvalue weighted by atomic mass is 10.4. The van der Waals surface area contributed by atoms with Crippen LogP contribution in [0.1, 0.15) is 12.8 Å². The third kappa shape index (κ3) is 2.53. The van der Waals surface area contributed by atoms with Crippen molar-refractivity contribution >= 4 is 15.0 Å². The average Bonchev–Trinajstić information content (AvgIpc) is 2.12. The van der Waals surface area contributed by atoms with E-state index in [0.717, 1.165) is 4.90 Å². The molecule has 11 heavy (non-hydrogen) atoms. The lowest BCUT2D eigenvalue weighted by Crippen LogP contribution is -2.38. The van der Waals surface area contributed by atoms with Gasteiger partial charge >= 0.3 is 9.08 Å². The zero-order valence-electron chi connectivity index (χ0n) is 5.82. The summed E-state index contributed by atoms with van der Waals surface area (Å²) >= 11 is 0. The van der Waals surface area contributed by atoms with Gasteiger partial charge in [-0.25, -0.2) is 12.3 Å². The number of likely N-dealkylation sites (tertiary alicyclic amines) is 1. The predicted octanol–water partition coefficient (Wildman–Crippen LogP) is 0.995. The molecule has 0 bridgehead atoms. The molecule has 1 fully saturated rings. The molecule has 0 aromatic carbocycles. The number of halogens is 3. The number of amides is 1. The van der Waals surface area contributed by atoms with Crippen molar-refractivity contribution in [2.75, 3.05) is 12.7 Å². The second kappa shape index (κ2) is 2.84. The number of carbonyl (C=O) groups excluding carboxylic acids is 1. The van der Waals surface area contributed by atoms with Crippen molar-refractivity contribution < 1.29 is 17.1 Å². The molecule has 2 nitrogen and oxygen atoms in total. The Hall–Kier alpha value is -0.523. The molecule has 0 unspecified atom stereocenters. The molecule has 6 heteroatoms. The van der Waals surface area contributed by atoms with Gasteiger partial charge in [0.1, 0.15) is 6.17 Å². The monoisotopic (exact) mass is 183 g/mol. The smallest absolute Gasteiger partial charge is 0.337 e. The van der Waals surface area contributed by atoms with E-state index in [2.05, 4.69) is 0 Å². The number of hydrogen-bond donors (Lipinski definition) is 0. The van der Waals surface area contributed by atoms with Crippen LogP contribution in [0.2, 0.25) is 0 Å². The molecule has 1 rings (SSSR count). The zero-order chi connectivity index (χ0) is 8.48. The summed E-state index contributed by atoms with van der Waals surface area (Å²) in [5.41, 5.74) is 0. The van der Waals surface area contributed by atoms with Gasteiger partial charge in [0.15, 0.2) is 0 Å².